The van der Waals surface area contributed by atoms with Gasteiger partial charge in [0.15, 0.2) is 0 Å². The van der Waals surface area contributed by atoms with E-state index < -0.39 is 0 Å². The molecule has 4 rings (SSSR count). The predicted molar refractivity (Wildman–Crippen MR) is 106 cm³/mol. The number of nitrogens with one attached hydrogen (secondary N) is 1. The van der Waals surface area contributed by atoms with Crippen LogP contribution < -0.4 is 5.32 Å². The lowest BCUT2D eigenvalue weighted by Gasteiger charge is -2.18. The highest BCUT2D eigenvalue weighted by molar-refractivity contribution is 7.19. The number of rotatable bonds is 2. The summed E-state index contributed by atoms with van der Waals surface area (Å²) in [6.07, 6.45) is 5.06. The Labute approximate surface area is 160 Å². The first-order valence-corrected chi connectivity index (χ1v) is 9.16. The Morgan fingerprint density at radius 3 is 2.67 bits per heavy atom. The number of anilines is 2. The number of hydrogen-bond donors (Lipinski definition) is 1. The van der Waals surface area contributed by atoms with Gasteiger partial charge in [0.25, 0.3) is 0 Å². The Balaban J connectivity index is 0.00000169. The molecular weight excluding hydrogens is 385 g/mol. The fourth-order valence-electron chi connectivity index (χ4n) is 3.13. The van der Waals surface area contributed by atoms with Gasteiger partial charge in [-0.15, -0.1) is 23.7 Å². The van der Waals surface area contributed by atoms with Gasteiger partial charge in [0, 0.05) is 20.6 Å². The van der Waals surface area contributed by atoms with Gasteiger partial charge in [-0.3, -0.25) is 0 Å². The third kappa shape index (κ3) is 3.33. The molecule has 1 unspecified atom stereocenters. The fraction of sp³-hybridized carbons (Fsp3) is 0.294. The first kappa shape index (κ1) is 17.7. The summed E-state index contributed by atoms with van der Waals surface area (Å²) < 4.78 is 0. The number of nitrogens with zero attached hydrogens (tertiary/aromatic N) is 2. The van der Waals surface area contributed by atoms with E-state index >= 15 is 0 Å². The Morgan fingerprint density at radius 1 is 1.17 bits per heavy atom. The number of aromatic nitrogens is 2. The van der Waals surface area contributed by atoms with Crippen LogP contribution in [-0.4, -0.2) is 9.97 Å². The molecule has 0 saturated carbocycles. The highest BCUT2D eigenvalue weighted by atomic mass is 35.5. The molecule has 0 spiro atoms. The summed E-state index contributed by atoms with van der Waals surface area (Å²) in [7, 11) is 0. The first-order chi connectivity index (χ1) is 11.1. The smallest absolute Gasteiger partial charge is 0.142 e. The van der Waals surface area contributed by atoms with Gasteiger partial charge in [-0.1, -0.05) is 30.1 Å². The Bertz CT molecular complexity index is 874. The molecule has 7 heteroatoms. The molecule has 0 fully saturated rings. The van der Waals surface area contributed by atoms with Crippen LogP contribution >= 0.6 is 46.9 Å². The number of hydrogen-bond acceptors (Lipinski definition) is 4. The second-order valence-corrected chi connectivity index (χ2v) is 7.99. The molecule has 1 aromatic carbocycles. The zero-order chi connectivity index (χ0) is 16.0. The van der Waals surface area contributed by atoms with Crippen LogP contribution in [0.3, 0.4) is 0 Å². The van der Waals surface area contributed by atoms with Gasteiger partial charge in [-0.2, -0.15) is 0 Å². The molecule has 0 bridgehead atoms. The monoisotopic (exact) mass is 399 g/mol. The second-order valence-electron chi connectivity index (χ2n) is 6.04. The molecule has 3 nitrogen and oxygen atoms in total. The van der Waals surface area contributed by atoms with E-state index in [1.807, 2.05) is 12.1 Å². The predicted octanol–water partition coefficient (Wildman–Crippen LogP) is 6.29. The average molecular weight is 401 g/mol. The maximum atomic E-state index is 6.09. The van der Waals surface area contributed by atoms with Crippen molar-refractivity contribution in [3.05, 3.63) is 45.0 Å². The molecule has 1 atom stereocenters. The molecule has 0 radical (unpaired) electrons. The minimum absolute atomic E-state index is 0. The van der Waals surface area contributed by atoms with Crippen LogP contribution in [0.4, 0.5) is 11.5 Å². The van der Waals surface area contributed by atoms with Crippen molar-refractivity contribution < 1.29 is 0 Å². The topological polar surface area (TPSA) is 37.8 Å². The van der Waals surface area contributed by atoms with E-state index in [1.54, 1.807) is 23.7 Å². The maximum Gasteiger partial charge on any atom is 0.142 e. The number of thiophene rings is 1. The first-order valence-electron chi connectivity index (χ1n) is 7.58. The normalized spacial score (nSPS) is 16.5. The van der Waals surface area contributed by atoms with Crippen LogP contribution in [0.1, 0.15) is 23.8 Å². The molecule has 1 aliphatic carbocycles. The molecule has 24 heavy (non-hydrogen) atoms. The lowest BCUT2D eigenvalue weighted by Crippen LogP contribution is -2.09. The third-order valence-corrected chi connectivity index (χ3v) is 5.82. The largest absolute Gasteiger partial charge is 0.339 e. The van der Waals surface area contributed by atoms with E-state index in [4.69, 9.17) is 23.2 Å². The van der Waals surface area contributed by atoms with Crippen molar-refractivity contribution in [2.24, 2.45) is 5.92 Å². The van der Waals surface area contributed by atoms with E-state index in [-0.39, 0.29) is 12.4 Å². The van der Waals surface area contributed by atoms with Gasteiger partial charge in [0.1, 0.15) is 17.0 Å². The summed E-state index contributed by atoms with van der Waals surface area (Å²) in [5.41, 5.74) is 2.24. The molecule has 1 N–H and O–H groups in total. The zero-order valence-electron chi connectivity index (χ0n) is 13.0. The second kappa shape index (κ2) is 7.04. The molecule has 126 valence electrons. The van der Waals surface area contributed by atoms with Gasteiger partial charge in [-0.25, -0.2) is 9.97 Å². The van der Waals surface area contributed by atoms with Crippen molar-refractivity contribution in [3.63, 3.8) is 0 Å². The maximum absolute atomic E-state index is 6.09. The van der Waals surface area contributed by atoms with Crippen LogP contribution in [0.5, 0.6) is 0 Å². The molecule has 0 amide bonds. The Hall–Kier alpha value is -1.07. The fourth-order valence-corrected chi connectivity index (χ4v) is 5.01. The van der Waals surface area contributed by atoms with Crippen LogP contribution in [-0.2, 0) is 12.8 Å². The van der Waals surface area contributed by atoms with Gasteiger partial charge in [0.2, 0.25) is 0 Å². The van der Waals surface area contributed by atoms with Gasteiger partial charge in [0.05, 0.1) is 5.39 Å². The van der Waals surface area contributed by atoms with Gasteiger partial charge >= 0.3 is 0 Å². The summed E-state index contributed by atoms with van der Waals surface area (Å²) in [6.45, 7) is 2.31. The van der Waals surface area contributed by atoms with E-state index in [2.05, 4.69) is 22.2 Å². The van der Waals surface area contributed by atoms with Crippen molar-refractivity contribution in [3.8, 4) is 0 Å². The van der Waals surface area contributed by atoms with Crippen molar-refractivity contribution in [1.29, 1.82) is 0 Å². The summed E-state index contributed by atoms with van der Waals surface area (Å²) in [4.78, 5) is 11.4. The van der Waals surface area contributed by atoms with E-state index in [1.165, 1.54) is 16.9 Å². The highest BCUT2D eigenvalue weighted by Crippen LogP contribution is 2.40. The minimum atomic E-state index is 0. The summed E-state index contributed by atoms with van der Waals surface area (Å²) in [5.74, 6) is 1.58. The molecule has 2 heterocycles. The number of aryl methyl sites for hydroxylation is 1. The summed E-state index contributed by atoms with van der Waals surface area (Å²) in [6, 6.07) is 5.42. The molecular formula is C17H16Cl3N3S. The molecule has 3 aromatic rings. The highest BCUT2D eigenvalue weighted by Gasteiger charge is 2.23. The van der Waals surface area contributed by atoms with Crippen LogP contribution in [0.25, 0.3) is 10.2 Å². The van der Waals surface area contributed by atoms with Crippen molar-refractivity contribution in [2.75, 3.05) is 5.32 Å². The SMILES string of the molecule is CC1CCc2c(sc3ncnc(Nc4cc(Cl)cc(Cl)c4)c23)C1.Cl. The summed E-state index contributed by atoms with van der Waals surface area (Å²) >= 11 is 14.0. The van der Waals surface area contributed by atoms with Gasteiger partial charge in [-0.05, 0) is 48.9 Å². The quantitative estimate of drug-likeness (QED) is 0.549. The van der Waals surface area contributed by atoms with Crippen LogP contribution in [0.15, 0.2) is 24.5 Å². The van der Waals surface area contributed by atoms with Gasteiger partial charge < -0.3 is 5.32 Å². The lowest BCUT2D eigenvalue weighted by molar-refractivity contribution is 0.509. The Morgan fingerprint density at radius 2 is 1.92 bits per heavy atom. The standard InChI is InChI=1S/C17H15Cl2N3S.ClH/c1-9-2-3-13-14(4-9)23-17-15(13)16(20-8-21-17)22-12-6-10(18)5-11(19)7-12;/h5-9H,2-4H2,1H3,(H,20,21,22);1H. The van der Waals surface area contributed by atoms with Crippen LogP contribution in [0.2, 0.25) is 10.0 Å². The van der Waals surface area contributed by atoms with E-state index in [0.29, 0.717) is 10.0 Å². The van der Waals surface area contributed by atoms with E-state index in [0.717, 1.165) is 40.5 Å². The number of fused-ring (bicyclic) bond motifs is 3. The van der Waals surface area contributed by atoms with E-state index in [9.17, 15) is 0 Å². The van der Waals surface area contributed by atoms with Crippen molar-refractivity contribution in [1.82, 2.24) is 9.97 Å². The zero-order valence-corrected chi connectivity index (χ0v) is 16.1. The van der Waals surface area contributed by atoms with Crippen molar-refractivity contribution in [2.45, 2.75) is 26.2 Å². The third-order valence-electron chi connectivity index (χ3n) is 4.22. The van der Waals surface area contributed by atoms with Crippen molar-refractivity contribution >= 4 is 68.7 Å². The van der Waals surface area contributed by atoms with Crippen LogP contribution in [0, 0.1) is 5.92 Å². The number of benzene rings is 1. The lowest BCUT2D eigenvalue weighted by atomic mass is 9.89. The molecule has 0 saturated heterocycles. The minimum Gasteiger partial charge on any atom is -0.339 e. The Kier molecular flexibility index (Phi) is 5.21. The number of halogens is 3. The molecule has 2 aromatic heterocycles. The average Bonchev–Trinajstić information content (AvgIpc) is 2.84. The molecule has 0 aliphatic heterocycles. The summed E-state index contributed by atoms with van der Waals surface area (Å²) in [5, 5.41) is 5.72. The molecule has 1 aliphatic rings.